The summed E-state index contributed by atoms with van der Waals surface area (Å²) in [5.74, 6) is 0.899. The number of rotatable bonds is 6. The summed E-state index contributed by atoms with van der Waals surface area (Å²) < 4.78 is 0. The van der Waals surface area contributed by atoms with E-state index >= 15 is 0 Å². The number of nitrogens with one attached hydrogen (secondary N) is 1. The van der Waals surface area contributed by atoms with Crippen LogP contribution in [0, 0.1) is 5.92 Å². The lowest BCUT2D eigenvalue weighted by molar-refractivity contribution is 0.424. The summed E-state index contributed by atoms with van der Waals surface area (Å²) in [6, 6.07) is 6.48. The highest BCUT2D eigenvalue weighted by Crippen LogP contribution is 2.32. The van der Waals surface area contributed by atoms with Gasteiger partial charge in [-0.3, -0.25) is 0 Å². The van der Waals surface area contributed by atoms with Crippen molar-refractivity contribution >= 4 is 17.3 Å². The van der Waals surface area contributed by atoms with Gasteiger partial charge in [0, 0.05) is 35.9 Å². The standard InChI is InChI=1S/C17H27ClN2/c1-5-20(12-13-6-7-13)15-9-8-14(16(18)10-15)11-19-17(2,3)4/h8-10,13,19H,5-7,11-12H2,1-4H3. The molecule has 112 valence electrons. The number of hydrogen-bond donors (Lipinski definition) is 1. The largest absolute Gasteiger partial charge is 0.371 e. The van der Waals surface area contributed by atoms with E-state index in [1.165, 1.54) is 30.6 Å². The molecule has 2 nitrogen and oxygen atoms in total. The molecule has 0 aliphatic heterocycles. The van der Waals surface area contributed by atoms with Crippen molar-refractivity contribution in [2.45, 2.75) is 52.6 Å². The van der Waals surface area contributed by atoms with Gasteiger partial charge in [-0.15, -0.1) is 0 Å². The van der Waals surface area contributed by atoms with Gasteiger partial charge in [-0.05, 0) is 64.2 Å². The van der Waals surface area contributed by atoms with Crippen LogP contribution in [0.15, 0.2) is 18.2 Å². The number of anilines is 1. The fourth-order valence-electron chi connectivity index (χ4n) is 2.27. The van der Waals surface area contributed by atoms with E-state index in [0.717, 1.165) is 24.0 Å². The summed E-state index contributed by atoms with van der Waals surface area (Å²) in [6.07, 6.45) is 2.77. The highest BCUT2D eigenvalue weighted by molar-refractivity contribution is 6.31. The summed E-state index contributed by atoms with van der Waals surface area (Å²) in [5.41, 5.74) is 2.54. The van der Waals surface area contributed by atoms with Crippen LogP contribution in [-0.2, 0) is 6.54 Å². The van der Waals surface area contributed by atoms with Gasteiger partial charge >= 0.3 is 0 Å². The van der Waals surface area contributed by atoms with Crippen LogP contribution in [0.2, 0.25) is 5.02 Å². The Balaban J connectivity index is 2.03. The first-order chi connectivity index (χ1) is 9.39. The van der Waals surface area contributed by atoms with Crippen molar-refractivity contribution in [1.82, 2.24) is 5.32 Å². The van der Waals surface area contributed by atoms with Gasteiger partial charge in [0.05, 0.1) is 0 Å². The second-order valence-electron chi connectivity index (χ2n) is 6.86. The van der Waals surface area contributed by atoms with E-state index in [4.69, 9.17) is 11.6 Å². The zero-order valence-corrected chi connectivity index (χ0v) is 13.9. The normalized spacial score (nSPS) is 15.4. The van der Waals surface area contributed by atoms with Crippen LogP contribution in [-0.4, -0.2) is 18.6 Å². The van der Waals surface area contributed by atoms with E-state index in [1.807, 2.05) is 0 Å². The third-order valence-corrected chi connectivity index (χ3v) is 4.12. The third kappa shape index (κ3) is 4.68. The molecule has 1 aliphatic rings. The van der Waals surface area contributed by atoms with Crippen LogP contribution in [0.5, 0.6) is 0 Å². The Morgan fingerprint density at radius 2 is 2.00 bits per heavy atom. The Kier molecular flexibility index (Phi) is 4.98. The number of nitrogens with zero attached hydrogens (tertiary/aromatic N) is 1. The minimum atomic E-state index is 0.115. The monoisotopic (exact) mass is 294 g/mol. The van der Waals surface area contributed by atoms with Crippen LogP contribution in [0.25, 0.3) is 0 Å². The summed E-state index contributed by atoms with van der Waals surface area (Å²) in [6.45, 7) is 11.8. The molecule has 0 saturated heterocycles. The molecule has 1 aromatic rings. The van der Waals surface area contributed by atoms with Crippen LogP contribution >= 0.6 is 11.6 Å². The molecule has 3 heteroatoms. The van der Waals surface area contributed by atoms with Crippen LogP contribution < -0.4 is 10.2 Å². The molecule has 0 bridgehead atoms. The molecule has 0 aromatic heterocycles. The molecule has 2 rings (SSSR count). The van der Waals surface area contributed by atoms with Crippen LogP contribution in [0.3, 0.4) is 0 Å². The molecule has 1 aliphatic carbocycles. The molecular weight excluding hydrogens is 268 g/mol. The molecule has 0 radical (unpaired) electrons. The van der Waals surface area contributed by atoms with Crippen LogP contribution in [0.4, 0.5) is 5.69 Å². The minimum Gasteiger partial charge on any atom is -0.371 e. The fourth-order valence-corrected chi connectivity index (χ4v) is 2.51. The lowest BCUT2D eigenvalue weighted by Crippen LogP contribution is -2.35. The van der Waals surface area contributed by atoms with Crippen molar-refractivity contribution in [1.29, 1.82) is 0 Å². The molecule has 1 N–H and O–H groups in total. The van der Waals surface area contributed by atoms with Gasteiger partial charge in [0.25, 0.3) is 0 Å². The molecule has 20 heavy (non-hydrogen) atoms. The zero-order valence-electron chi connectivity index (χ0n) is 13.2. The van der Waals surface area contributed by atoms with Crippen molar-refractivity contribution in [3.63, 3.8) is 0 Å². The number of benzene rings is 1. The first-order valence-electron chi connectivity index (χ1n) is 7.67. The number of halogens is 1. The molecule has 0 unspecified atom stereocenters. The molecule has 0 spiro atoms. The first kappa shape index (κ1) is 15.7. The maximum atomic E-state index is 6.44. The SMILES string of the molecule is CCN(CC1CC1)c1ccc(CNC(C)(C)C)c(Cl)c1. The smallest absolute Gasteiger partial charge is 0.0471 e. The Hall–Kier alpha value is -0.730. The second kappa shape index (κ2) is 6.36. The van der Waals surface area contributed by atoms with E-state index in [9.17, 15) is 0 Å². The van der Waals surface area contributed by atoms with Gasteiger partial charge in [-0.25, -0.2) is 0 Å². The Labute approximate surface area is 128 Å². The molecule has 1 saturated carbocycles. The highest BCUT2D eigenvalue weighted by Gasteiger charge is 2.24. The van der Waals surface area contributed by atoms with Gasteiger partial charge in [0.15, 0.2) is 0 Å². The molecule has 0 atom stereocenters. The molecule has 1 fully saturated rings. The lowest BCUT2D eigenvalue weighted by Gasteiger charge is -2.25. The average molecular weight is 295 g/mol. The van der Waals surface area contributed by atoms with Gasteiger partial charge in [-0.2, -0.15) is 0 Å². The predicted octanol–water partition coefficient (Wildman–Crippen LogP) is 4.46. The van der Waals surface area contributed by atoms with E-state index in [-0.39, 0.29) is 5.54 Å². The predicted molar refractivity (Wildman–Crippen MR) is 88.7 cm³/mol. The maximum Gasteiger partial charge on any atom is 0.0471 e. The first-order valence-corrected chi connectivity index (χ1v) is 8.05. The van der Waals surface area contributed by atoms with Crippen molar-refractivity contribution < 1.29 is 0 Å². The Morgan fingerprint density at radius 3 is 2.50 bits per heavy atom. The van der Waals surface area contributed by atoms with Crippen molar-refractivity contribution in [3.05, 3.63) is 28.8 Å². The Morgan fingerprint density at radius 1 is 1.30 bits per heavy atom. The summed E-state index contributed by atoms with van der Waals surface area (Å²) in [7, 11) is 0. The van der Waals surface area contributed by atoms with E-state index in [0.29, 0.717) is 0 Å². The third-order valence-electron chi connectivity index (χ3n) is 3.77. The van der Waals surface area contributed by atoms with Gasteiger partial charge in [-0.1, -0.05) is 17.7 Å². The quantitative estimate of drug-likeness (QED) is 0.833. The zero-order chi connectivity index (χ0) is 14.8. The molecular formula is C17H27ClN2. The summed E-state index contributed by atoms with van der Waals surface area (Å²) in [5, 5.41) is 4.35. The topological polar surface area (TPSA) is 15.3 Å². The van der Waals surface area contributed by atoms with Crippen LogP contribution in [0.1, 0.15) is 46.1 Å². The lowest BCUT2D eigenvalue weighted by atomic mass is 10.1. The van der Waals surface area contributed by atoms with Crippen molar-refractivity contribution in [2.75, 3.05) is 18.0 Å². The average Bonchev–Trinajstić information content (AvgIpc) is 3.17. The molecule has 0 amide bonds. The minimum absolute atomic E-state index is 0.115. The highest BCUT2D eigenvalue weighted by atomic mass is 35.5. The van der Waals surface area contributed by atoms with Gasteiger partial charge < -0.3 is 10.2 Å². The van der Waals surface area contributed by atoms with Gasteiger partial charge in [0.2, 0.25) is 0 Å². The van der Waals surface area contributed by atoms with Crippen molar-refractivity contribution in [3.8, 4) is 0 Å². The fraction of sp³-hybridized carbons (Fsp3) is 0.647. The van der Waals surface area contributed by atoms with Gasteiger partial charge in [0.1, 0.15) is 0 Å². The maximum absolute atomic E-state index is 6.44. The Bertz CT molecular complexity index is 447. The summed E-state index contributed by atoms with van der Waals surface area (Å²) in [4.78, 5) is 2.44. The van der Waals surface area contributed by atoms with E-state index < -0.39 is 0 Å². The molecule has 0 heterocycles. The summed E-state index contributed by atoms with van der Waals surface area (Å²) >= 11 is 6.44. The second-order valence-corrected chi connectivity index (χ2v) is 7.27. The van der Waals surface area contributed by atoms with E-state index in [2.05, 4.69) is 56.1 Å². The van der Waals surface area contributed by atoms with E-state index in [1.54, 1.807) is 0 Å². The number of hydrogen-bond acceptors (Lipinski definition) is 2. The molecule has 1 aromatic carbocycles. The van der Waals surface area contributed by atoms with Crippen molar-refractivity contribution in [2.24, 2.45) is 5.92 Å².